The Hall–Kier alpha value is -1.12. The highest BCUT2D eigenvalue weighted by atomic mass is 16.5. The smallest absolute Gasteiger partial charge is 0.113 e. The quantitative estimate of drug-likeness (QED) is 0.725. The van der Waals surface area contributed by atoms with Crippen LogP contribution in [0.3, 0.4) is 0 Å². The molecule has 0 saturated carbocycles. The first-order chi connectivity index (χ1) is 7.29. The van der Waals surface area contributed by atoms with E-state index in [1.807, 2.05) is 37.3 Å². The molecule has 0 amide bonds. The largest absolute Gasteiger partial charge is 0.396 e. The Morgan fingerprint density at radius 2 is 2.07 bits per heavy atom. The van der Waals surface area contributed by atoms with Crippen molar-refractivity contribution < 1.29 is 9.84 Å². The summed E-state index contributed by atoms with van der Waals surface area (Å²) in [7, 11) is 0. The molecule has 0 aliphatic heterocycles. The summed E-state index contributed by atoms with van der Waals surface area (Å²) >= 11 is 0. The highest BCUT2D eigenvalue weighted by molar-refractivity contribution is 5.27. The molecule has 1 atom stereocenters. The van der Waals surface area contributed by atoms with Crippen LogP contribution in [0, 0.1) is 0 Å². The Bertz CT molecular complexity index is 287. The summed E-state index contributed by atoms with van der Waals surface area (Å²) in [6, 6.07) is 9.87. The van der Waals surface area contributed by atoms with Crippen molar-refractivity contribution in [2.24, 2.45) is 0 Å². The van der Waals surface area contributed by atoms with Gasteiger partial charge in [-0.25, -0.2) is 0 Å². The molecule has 1 aromatic rings. The van der Waals surface area contributed by atoms with Crippen LogP contribution in [0.4, 0.5) is 0 Å². The van der Waals surface area contributed by atoms with Crippen molar-refractivity contribution in [1.82, 2.24) is 0 Å². The Kier molecular flexibility index (Phi) is 4.53. The van der Waals surface area contributed by atoms with Gasteiger partial charge in [-0.2, -0.15) is 0 Å². The lowest BCUT2D eigenvalue weighted by atomic mass is 9.90. The van der Waals surface area contributed by atoms with Crippen molar-refractivity contribution in [2.75, 3.05) is 13.2 Å². The van der Waals surface area contributed by atoms with Gasteiger partial charge in [-0.3, -0.25) is 0 Å². The fourth-order valence-corrected chi connectivity index (χ4v) is 1.72. The fraction of sp³-hybridized carbons (Fsp3) is 0.385. The summed E-state index contributed by atoms with van der Waals surface area (Å²) < 4.78 is 5.73. The minimum atomic E-state index is -0.551. The molecule has 1 N–H and O–H groups in total. The van der Waals surface area contributed by atoms with Gasteiger partial charge in [0, 0.05) is 19.6 Å². The van der Waals surface area contributed by atoms with E-state index in [1.165, 1.54) is 0 Å². The number of hydrogen-bond acceptors (Lipinski definition) is 2. The third-order valence-corrected chi connectivity index (χ3v) is 2.48. The number of aliphatic hydroxyl groups is 1. The SMILES string of the molecule is C=C[C@](CCO)(OCC)c1ccccc1. The first kappa shape index (κ1) is 12.0. The Morgan fingerprint density at radius 1 is 1.40 bits per heavy atom. The predicted octanol–water partition coefficient (Wildman–Crippen LogP) is 2.49. The molecule has 0 radical (unpaired) electrons. The number of benzene rings is 1. The second kappa shape index (κ2) is 5.69. The minimum Gasteiger partial charge on any atom is -0.396 e. The highest BCUT2D eigenvalue weighted by Crippen LogP contribution is 2.30. The van der Waals surface area contributed by atoms with Gasteiger partial charge in [-0.15, -0.1) is 0 Å². The second-order valence-electron chi connectivity index (χ2n) is 3.37. The monoisotopic (exact) mass is 206 g/mol. The molecule has 0 aliphatic rings. The van der Waals surface area contributed by atoms with E-state index in [0.29, 0.717) is 13.0 Å². The Labute approximate surface area is 91.2 Å². The van der Waals surface area contributed by atoms with Crippen LogP contribution in [0.5, 0.6) is 0 Å². The first-order valence-corrected chi connectivity index (χ1v) is 5.23. The van der Waals surface area contributed by atoms with Gasteiger partial charge in [-0.05, 0) is 12.5 Å². The third kappa shape index (κ3) is 2.67. The van der Waals surface area contributed by atoms with Crippen LogP contribution in [0.25, 0.3) is 0 Å². The molecular weight excluding hydrogens is 188 g/mol. The molecule has 1 rings (SSSR count). The summed E-state index contributed by atoms with van der Waals surface area (Å²) in [5.74, 6) is 0. The van der Waals surface area contributed by atoms with Crippen molar-refractivity contribution in [3.8, 4) is 0 Å². The predicted molar refractivity (Wildman–Crippen MR) is 61.6 cm³/mol. The van der Waals surface area contributed by atoms with Gasteiger partial charge < -0.3 is 9.84 Å². The molecule has 0 saturated heterocycles. The number of rotatable bonds is 6. The molecule has 0 aliphatic carbocycles. The lowest BCUT2D eigenvalue weighted by Gasteiger charge is -2.30. The normalized spacial score (nSPS) is 14.5. The van der Waals surface area contributed by atoms with Crippen LogP contribution in [0.1, 0.15) is 18.9 Å². The molecule has 1 aromatic carbocycles. The van der Waals surface area contributed by atoms with E-state index in [9.17, 15) is 0 Å². The minimum absolute atomic E-state index is 0.0842. The van der Waals surface area contributed by atoms with Gasteiger partial charge >= 0.3 is 0 Å². The van der Waals surface area contributed by atoms with E-state index in [1.54, 1.807) is 6.08 Å². The van der Waals surface area contributed by atoms with Crippen molar-refractivity contribution >= 4 is 0 Å². The van der Waals surface area contributed by atoms with Gasteiger partial charge in [0.2, 0.25) is 0 Å². The summed E-state index contributed by atoms with van der Waals surface area (Å²) in [5, 5.41) is 9.09. The molecule has 2 nitrogen and oxygen atoms in total. The maximum absolute atomic E-state index is 9.09. The number of ether oxygens (including phenoxy) is 1. The van der Waals surface area contributed by atoms with E-state index < -0.39 is 5.60 Å². The van der Waals surface area contributed by atoms with E-state index in [2.05, 4.69) is 6.58 Å². The van der Waals surface area contributed by atoms with Crippen molar-refractivity contribution in [1.29, 1.82) is 0 Å². The van der Waals surface area contributed by atoms with E-state index in [0.717, 1.165) is 5.56 Å². The molecule has 2 heteroatoms. The van der Waals surface area contributed by atoms with Gasteiger partial charge in [0.1, 0.15) is 5.60 Å². The molecule has 0 aromatic heterocycles. The number of hydrogen-bond donors (Lipinski definition) is 1. The first-order valence-electron chi connectivity index (χ1n) is 5.23. The van der Waals surface area contributed by atoms with Gasteiger partial charge in [0.05, 0.1) is 0 Å². The Balaban J connectivity index is 3.03. The van der Waals surface area contributed by atoms with Crippen LogP contribution in [0.2, 0.25) is 0 Å². The molecule has 0 heterocycles. The van der Waals surface area contributed by atoms with Crippen molar-refractivity contribution in [3.05, 3.63) is 48.6 Å². The zero-order chi connectivity index (χ0) is 11.1. The van der Waals surface area contributed by atoms with E-state index >= 15 is 0 Å². The molecular formula is C13H18O2. The topological polar surface area (TPSA) is 29.5 Å². The van der Waals surface area contributed by atoms with E-state index in [-0.39, 0.29) is 6.61 Å². The van der Waals surface area contributed by atoms with Crippen LogP contribution < -0.4 is 0 Å². The molecule has 82 valence electrons. The van der Waals surface area contributed by atoms with Crippen molar-refractivity contribution in [3.63, 3.8) is 0 Å². The number of aliphatic hydroxyl groups excluding tert-OH is 1. The average molecular weight is 206 g/mol. The summed E-state index contributed by atoms with van der Waals surface area (Å²) in [6.45, 7) is 6.44. The summed E-state index contributed by atoms with van der Waals surface area (Å²) in [5.41, 5.74) is 0.487. The van der Waals surface area contributed by atoms with Gasteiger partial charge in [0.25, 0.3) is 0 Å². The lowest BCUT2D eigenvalue weighted by molar-refractivity contribution is -0.0213. The third-order valence-electron chi connectivity index (χ3n) is 2.48. The fourth-order valence-electron chi connectivity index (χ4n) is 1.72. The van der Waals surface area contributed by atoms with Crippen LogP contribution >= 0.6 is 0 Å². The summed E-state index contributed by atoms with van der Waals surface area (Å²) in [6.07, 6.45) is 2.30. The lowest BCUT2D eigenvalue weighted by Crippen LogP contribution is -2.28. The average Bonchev–Trinajstić information content (AvgIpc) is 2.30. The van der Waals surface area contributed by atoms with Crippen LogP contribution in [0.15, 0.2) is 43.0 Å². The highest BCUT2D eigenvalue weighted by Gasteiger charge is 2.28. The molecule has 0 fully saturated rings. The van der Waals surface area contributed by atoms with Crippen LogP contribution in [-0.2, 0) is 10.3 Å². The Morgan fingerprint density at radius 3 is 2.53 bits per heavy atom. The zero-order valence-electron chi connectivity index (χ0n) is 9.15. The van der Waals surface area contributed by atoms with Crippen molar-refractivity contribution in [2.45, 2.75) is 18.9 Å². The van der Waals surface area contributed by atoms with Gasteiger partial charge in [0.15, 0.2) is 0 Å². The zero-order valence-corrected chi connectivity index (χ0v) is 9.15. The summed E-state index contributed by atoms with van der Waals surface area (Å²) in [4.78, 5) is 0. The molecule has 0 unspecified atom stereocenters. The second-order valence-corrected chi connectivity index (χ2v) is 3.37. The standard InChI is InChI=1S/C13H18O2/c1-3-13(10-11-14,15-4-2)12-8-6-5-7-9-12/h3,5-9,14H,1,4,10-11H2,2H3/t13-/m1/s1. The molecule has 0 spiro atoms. The molecule has 15 heavy (non-hydrogen) atoms. The maximum atomic E-state index is 9.09. The van der Waals surface area contributed by atoms with Crippen LogP contribution in [-0.4, -0.2) is 18.3 Å². The molecule has 0 bridgehead atoms. The van der Waals surface area contributed by atoms with E-state index in [4.69, 9.17) is 9.84 Å². The maximum Gasteiger partial charge on any atom is 0.113 e. The van der Waals surface area contributed by atoms with Gasteiger partial charge in [-0.1, -0.05) is 43.0 Å².